The number of rotatable bonds is 4. The lowest BCUT2D eigenvalue weighted by Gasteiger charge is -2.12. The van der Waals surface area contributed by atoms with E-state index in [4.69, 9.17) is 4.42 Å². The molecule has 4 heteroatoms. The second-order valence-corrected chi connectivity index (χ2v) is 6.36. The van der Waals surface area contributed by atoms with Gasteiger partial charge >= 0.3 is 0 Å². The number of carbonyl (C=O) groups is 1. The van der Waals surface area contributed by atoms with E-state index in [2.05, 4.69) is 31.3 Å². The maximum atomic E-state index is 12.4. The summed E-state index contributed by atoms with van der Waals surface area (Å²) >= 11 is 0. The summed E-state index contributed by atoms with van der Waals surface area (Å²) in [7, 11) is 3.95. The van der Waals surface area contributed by atoms with Gasteiger partial charge in [-0.05, 0) is 67.4 Å². The quantitative estimate of drug-likeness (QED) is 0.739. The molecule has 1 heterocycles. The van der Waals surface area contributed by atoms with Crippen LogP contribution in [0.1, 0.15) is 21.7 Å². The Balaban J connectivity index is 1.75. The largest absolute Gasteiger partial charge is 0.451 e. The number of nitrogens with one attached hydrogen (secondary N) is 1. The SMILES string of the molecule is Cc1ccc(-c2ccc(C(=O)Nc3ccc(N(C)C)cc3)o2)cc1C. The summed E-state index contributed by atoms with van der Waals surface area (Å²) in [6.07, 6.45) is 0. The van der Waals surface area contributed by atoms with Gasteiger partial charge in [-0.25, -0.2) is 0 Å². The standard InChI is InChI=1S/C21H22N2O2/c1-14-5-6-16(13-15(14)2)19-11-12-20(25-19)21(24)22-17-7-9-18(10-8-17)23(3)4/h5-13H,1-4H3,(H,22,24). The maximum Gasteiger partial charge on any atom is 0.291 e. The summed E-state index contributed by atoms with van der Waals surface area (Å²) in [6, 6.07) is 17.3. The van der Waals surface area contributed by atoms with Gasteiger partial charge in [-0.2, -0.15) is 0 Å². The van der Waals surface area contributed by atoms with Gasteiger partial charge in [0.1, 0.15) is 5.76 Å². The van der Waals surface area contributed by atoms with Crippen molar-refractivity contribution in [1.82, 2.24) is 0 Å². The molecule has 0 aliphatic heterocycles. The Bertz CT molecular complexity index is 893. The Kier molecular flexibility index (Phi) is 4.61. The summed E-state index contributed by atoms with van der Waals surface area (Å²) in [5.41, 5.74) is 5.21. The van der Waals surface area contributed by atoms with Gasteiger partial charge in [-0.1, -0.05) is 12.1 Å². The van der Waals surface area contributed by atoms with Gasteiger partial charge in [0, 0.05) is 31.0 Å². The highest BCUT2D eigenvalue weighted by Crippen LogP contribution is 2.25. The molecule has 3 aromatic rings. The molecular weight excluding hydrogens is 312 g/mol. The molecule has 128 valence electrons. The zero-order valence-corrected chi connectivity index (χ0v) is 15.0. The van der Waals surface area contributed by atoms with Crippen LogP contribution in [0, 0.1) is 13.8 Å². The molecule has 0 saturated heterocycles. The zero-order chi connectivity index (χ0) is 18.0. The number of anilines is 2. The van der Waals surface area contributed by atoms with Crippen molar-refractivity contribution in [3.8, 4) is 11.3 Å². The van der Waals surface area contributed by atoms with Crippen molar-refractivity contribution in [2.75, 3.05) is 24.3 Å². The second-order valence-electron chi connectivity index (χ2n) is 6.36. The molecule has 0 radical (unpaired) electrons. The van der Waals surface area contributed by atoms with E-state index in [0.29, 0.717) is 11.5 Å². The van der Waals surface area contributed by atoms with Crippen LogP contribution in [0.4, 0.5) is 11.4 Å². The Hall–Kier alpha value is -3.01. The van der Waals surface area contributed by atoms with E-state index < -0.39 is 0 Å². The number of amides is 1. The van der Waals surface area contributed by atoms with Gasteiger partial charge in [0.25, 0.3) is 5.91 Å². The van der Waals surface area contributed by atoms with Crippen molar-refractivity contribution < 1.29 is 9.21 Å². The fraction of sp³-hybridized carbons (Fsp3) is 0.190. The predicted octanol–water partition coefficient (Wildman–Crippen LogP) is 4.88. The van der Waals surface area contributed by atoms with Gasteiger partial charge in [0.05, 0.1) is 0 Å². The van der Waals surface area contributed by atoms with Crippen LogP contribution in [0.5, 0.6) is 0 Å². The summed E-state index contributed by atoms with van der Waals surface area (Å²) in [5.74, 6) is 0.730. The highest BCUT2D eigenvalue weighted by Gasteiger charge is 2.13. The molecule has 0 aliphatic rings. The number of nitrogens with zero attached hydrogens (tertiary/aromatic N) is 1. The van der Waals surface area contributed by atoms with Gasteiger partial charge in [0.15, 0.2) is 5.76 Å². The lowest BCUT2D eigenvalue weighted by atomic mass is 10.1. The first-order valence-corrected chi connectivity index (χ1v) is 8.20. The smallest absolute Gasteiger partial charge is 0.291 e. The van der Waals surface area contributed by atoms with Gasteiger partial charge in [0.2, 0.25) is 0 Å². The van der Waals surface area contributed by atoms with Crippen molar-refractivity contribution in [2.45, 2.75) is 13.8 Å². The average Bonchev–Trinajstić information content (AvgIpc) is 3.08. The third-order valence-corrected chi connectivity index (χ3v) is 4.26. The van der Waals surface area contributed by atoms with Crippen molar-refractivity contribution in [1.29, 1.82) is 0 Å². The normalized spacial score (nSPS) is 10.6. The van der Waals surface area contributed by atoms with Gasteiger partial charge in [-0.15, -0.1) is 0 Å². The average molecular weight is 334 g/mol. The van der Waals surface area contributed by atoms with Gasteiger partial charge in [-0.3, -0.25) is 4.79 Å². The highest BCUT2D eigenvalue weighted by molar-refractivity contribution is 6.02. The van der Waals surface area contributed by atoms with E-state index in [0.717, 1.165) is 16.9 Å². The number of carbonyl (C=O) groups excluding carboxylic acids is 1. The molecule has 0 spiro atoms. The van der Waals surface area contributed by atoms with Crippen LogP contribution >= 0.6 is 0 Å². The van der Waals surface area contributed by atoms with Crippen LogP contribution in [0.2, 0.25) is 0 Å². The fourth-order valence-electron chi connectivity index (χ4n) is 2.55. The van der Waals surface area contributed by atoms with Crippen molar-refractivity contribution in [2.24, 2.45) is 0 Å². The van der Waals surface area contributed by atoms with Crippen molar-refractivity contribution in [3.63, 3.8) is 0 Å². The topological polar surface area (TPSA) is 45.5 Å². The van der Waals surface area contributed by atoms with E-state index >= 15 is 0 Å². The number of benzene rings is 2. The summed E-state index contributed by atoms with van der Waals surface area (Å²) in [4.78, 5) is 14.4. The molecule has 0 unspecified atom stereocenters. The van der Waals surface area contributed by atoms with E-state index in [1.54, 1.807) is 6.07 Å². The summed E-state index contributed by atoms with van der Waals surface area (Å²) in [5, 5.41) is 2.86. The molecule has 3 rings (SSSR count). The minimum atomic E-state index is -0.257. The molecule has 1 amide bonds. The zero-order valence-electron chi connectivity index (χ0n) is 15.0. The molecule has 0 aliphatic carbocycles. The first-order chi connectivity index (χ1) is 11.9. The third-order valence-electron chi connectivity index (χ3n) is 4.26. The minimum absolute atomic E-state index is 0.257. The number of hydrogen-bond donors (Lipinski definition) is 1. The molecule has 25 heavy (non-hydrogen) atoms. The molecule has 0 fully saturated rings. The number of aryl methyl sites for hydroxylation is 2. The number of hydrogen-bond acceptors (Lipinski definition) is 3. The van der Waals surface area contributed by atoms with Crippen molar-refractivity contribution >= 4 is 17.3 Å². The molecule has 0 bridgehead atoms. The van der Waals surface area contributed by atoms with Crippen LogP contribution in [-0.2, 0) is 0 Å². The minimum Gasteiger partial charge on any atom is -0.451 e. The monoisotopic (exact) mass is 334 g/mol. The molecule has 0 saturated carbocycles. The Morgan fingerprint density at radius 2 is 1.64 bits per heavy atom. The van der Waals surface area contributed by atoms with E-state index in [1.165, 1.54) is 11.1 Å². The van der Waals surface area contributed by atoms with Crippen molar-refractivity contribution in [3.05, 3.63) is 71.5 Å². The van der Waals surface area contributed by atoms with Crippen LogP contribution < -0.4 is 10.2 Å². The molecule has 0 atom stereocenters. The Labute approximate surface area is 148 Å². The molecular formula is C21H22N2O2. The highest BCUT2D eigenvalue weighted by atomic mass is 16.3. The molecule has 1 aromatic heterocycles. The molecule has 2 aromatic carbocycles. The first kappa shape index (κ1) is 16.8. The van der Waals surface area contributed by atoms with Crippen LogP contribution in [0.3, 0.4) is 0 Å². The van der Waals surface area contributed by atoms with Crippen LogP contribution in [-0.4, -0.2) is 20.0 Å². The van der Waals surface area contributed by atoms with E-state index in [9.17, 15) is 4.79 Å². The fourth-order valence-corrected chi connectivity index (χ4v) is 2.55. The summed E-state index contributed by atoms with van der Waals surface area (Å²) < 4.78 is 5.74. The second kappa shape index (κ2) is 6.85. The van der Waals surface area contributed by atoms with E-state index in [-0.39, 0.29) is 5.91 Å². The first-order valence-electron chi connectivity index (χ1n) is 8.20. The molecule has 4 nitrogen and oxygen atoms in total. The molecule has 1 N–H and O–H groups in total. The number of furan rings is 1. The van der Waals surface area contributed by atoms with Crippen LogP contribution in [0.25, 0.3) is 11.3 Å². The third kappa shape index (κ3) is 3.74. The predicted molar refractivity (Wildman–Crippen MR) is 102 cm³/mol. The Morgan fingerprint density at radius 3 is 2.28 bits per heavy atom. The maximum absolute atomic E-state index is 12.4. The van der Waals surface area contributed by atoms with Crippen LogP contribution in [0.15, 0.2) is 59.0 Å². The lowest BCUT2D eigenvalue weighted by Crippen LogP contribution is -2.11. The van der Waals surface area contributed by atoms with E-state index in [1.807, 2.05) is 55.4 Å². The Morgan fingerprint density at radius 1 is 0.920 bits per heavy atom. The summed E-state index contributed by atoms with van der Waals surface area (Å²) in [6.45, 7) is 4.13. The van der Waals surface area contributed by atoms with Gasteiger partial charge < -0.3 is 14.6 Å². The lowest BCUT2D eigenvalue weighted by molar-refractivity contribution is 0.0997.